The number of benzene rings is 1. The lowest BCUT2D eigenvalue weighted by molar-refractivity contribution is 0.0575. The molecule has 1 amide bonds. The number of rotatable bonds is 4. The monoisotopic (exact) mass is 371 g/mol. The van der Waals surface area contributed by atoms with Crippen molar-refractivity contribution < 1.29 is 4.79 Å². The molecule has 1 aromatic carbocycles. The first-order chi connectivity index (χ1) is 12.7. The van der Waals surface area contributed by atoms with Gasteiger partial charge in [-0.15, -0.1) is 0 Å². The number of carbonyl (C=O) groups is 1. The van der Waals surface area contributed by atoms with Crippen LogP contribution in [0.4, 0.5) is 0 Å². The highest BCUT2D eigenvalue weighted by atomic mass is 35.5. The number of halogens is 1. The van der Waals surface area contributed by atoms with Crippen molar-refractivity contribution in [2.24, 2.45) is 5.92 Å². The van der Waals surface area contributed by atoms with E-state index >= 15 is 0 Å². The smallest absolute Gasteiger partial charge is 0.252 e. The summed E-state index contributed by atoms with van der Waals surface area (Å²) in [5, 5.41) is 3.66. The molecule has 2 aliphatic heterocycles. The third-order valence-electron chi connectivity index (χ3n) is 5.85. The van der Waals surface area contributed by atoms with Gasteiger partial charge in [0.15, 0.2) is 0 Å². The summed E-state index contributed by atoms with van der Waals surface area (Å²) in [5.74, 6) is 0.483. The van der Waals surface area contributed by atoms with Gasteiger partial charge in [-0.2, -0.15) is 0 Å². The van der Waals surface area contributed by atoms with Gasteiger partial charge in [0.25, 0.3) is 5.91 Å². The predicted molar refractivity (Wildman–Crippen MR) is 105 cm³/mol. The number of piperidine rings is 2. The molecule has 3 heterocycles. The molecule has 5 heteroatoms. The fourth-order valence-electron chi connectivity index (χ4n) is 4.49. The molecule has 2 aromatic rings. The molecule has 1 aromatic heterocycles. The fraction of sp³-hybridized carbons (Fsp3) is 0.476. The molecule has 2 saturated heterocycles. The number of hydrogen-bond acceptors (Lipinski definition) is 2. The van der Waals surface area contributed by atoms with E-state index in [1.54, 1.807) is 6.07 Å². The van der Waals surface area contributed by atoms with Crippen LogP contribution in [-0.4, -0.2) is 41.1 Å². The first kappa shape index (κ1) is 17.6. The van der Waals surface area contributed by atoms with E-state index in [2.05, 4.69) is 10.2 Å². The van der Waals surface area contributed by atoms with Gasteiger partial charge in [0, 0.05) is 30.7 Å². The third-order valence-corrected chi connectivity index (χ3v) is 6.18. The van der Waals surface area contributed by atoms with Gasteiger partial charge in [-0.05, 0) is 75.0 Å². The third kappa shape index (κ3) is 3.67. The van der Waals surface area contributed by atoms with Crippen LogP contribution in [0.15, 0.2) is 42.7 Å². The Hall–Kier alpha value is -1.78. The van der Waals surface area contributed by atoms with Crippen molar-refractivity contribution in [3.63, 3.8) is 0 Å². The van der Waals surface area contributed by atoms with Crippen LogP contribution in [0.1, 0.15) is 42.5 Å². The number of nitrogens with one attached hydrogen (secondary N) is 1. The average Bonchev–Trinajstić information content (AvgIpc) is 3.21. The Morgan fingerprint density at radius 1 is 1.12 bits per heavy atom. The SMILES string of the molecule is O=C(NC[C@@H]1CCCN2CCCC[C@H]12)c1cc(-n2cccc2)ccc1Cl. The van der Waals surface area contributed by atoms with Gasteiger partial charge < -0.3 is 14.8 Å². The van der Waals surface area contributed by atoms with Gasteiger partial charge in [-0.25, -0.2) is 0 Å². The number of amides is 1. The van der Waals surface area contributed by atoms with E-state index in [0.717, 1.165) is 12.2 Å². The van der Waals surface area contributed by atoms with E-state index in [4.69, 9.17) is 11.6 Å². The zero-order valence-electron chi connectivity index (χ0n) is 15.0. The van der Waals surface area contributed by atoms with Crippen molar-refractivity contribution >= 4 is 17.5 Å². The van der Waals surface area contributed by atoms with Crippen LogP contribution in [0.2, 0.25) is 5.02 Å². The summed E-state index contributed by atoms with van der Waals surface area (Å²) in [6.07, 6.45) is 10.3. The molecule has 0 spiro atoms. The first-order valence-corrected chi connectivity index (χ1v) is 10.1. The molecule has 0 saturated carbocycles. The quantitative estimate of drug-likeness (QED) is 0.877. The van der Waals surface area contributed by atoms with Crippen molar-refractivity contribution in [1.29, 1.82) is 0 Å². The van der Waals surface area contributed by atoms with Crippen molar-refractivity contribution in [1.82, 2.24) is 14.8 Å². The van der Waals surface area contributed by atoms with E-state index in [9.17, 15) is 4.79 Å². The summed E-state index contributed by atoms with van der Waals surface area (Å²) in [7, 11) is 0. The van der Waals surface area contributed by atoms with Crippen LogP contribution < -0.4 is 5.32 Å². The van der Waals surface area contributed by atoms with Crippen molar-refractivity contribution in [2.45, 2.75) is 38.1 Å². The molecular formula is C21H26ClN3O. The molecule has 2 atom stereocenters. The van der Waals surface area contributed by atoms with Crippen LogP contribution in [0.5, 0.6) is 0 Å². The molecule has 0 radical (unpaired) electrons. The number of aromatic nitrogens is 1. The lowest BCUT2D eigenvalue weighted by Gasteiger charge is -2.44. The Morgan fingerprint density at radius 3 is 2.77 bits per heavy atom. The van der Waals surface area contributed by atoms with Gasteiger partial charge >= 0.3 is 0 Å². The first-order valence-electron chi connectivity index (χ1n) is 9.67. The van der Waals surface area contributed by atoms with Crippen LogP contribution in [-0.2, 0) is 0 Å². The second-order valence-corrected chi connectivity index (χ2v) is 7.87. The highest BCUT2D eigenvalue weighted by Crippen LogP contribution is 2.30. The van der Waals surface area contributed by atoms with Gasteiger partial charge in [-0.1, -0.05) is 18.0 Å². The van der Waals surface area contributed by atoms with Crippen LogP contribution in [0, 0.1) is 5.92 Å². The largest absolute Gasteiger partial charge is 0.352 e. The predicted octanol–water partition coefficient (Wildman–Crippen LogP) is 4.13. The Morgan fingerprint density at radius 2 is 1.92 bits per heavy atom. The summed E-state index contributed by atoms with van der Waals surface area (Å²) in [4.78, 5) is 15.4. The van der Waals surface area contributed by atoms with E-state index in [-0.39, 0.29) is 5.91 Å². The Balaban J connectivity index is 1.44. The Bertz CT molecular complexity index is 757. The minimum Gasteiger partial charge on any atom is -0.352 e. The highest BCUT2D eigenvalue weighted by Gasteiger charge is 2.33. The van der Waals surface area contributed by atoms with Crippen LogP contribution in [0.25, 0.3) is 5.69 Å². The fourth-order valence-corrected chi connectivity index (χ4v) is 4.69. The zero-order valence-corrected chi connectivity index (χ0v) is 15.8. The molecule has 0 bridgehead atoms. The lowest BCUT2D eigenvalue weighted by atomic mass is 9.83. The van der Waals surface area contributed by atoms with Gasteiger partial charge in [-0.3, -0.25) is 4.79 Å². The molecule has 1 N–H and O–H groups in total. The molecule has 26 heavy (non-hydrogen) atoms. The molecular weight excluding hydrogens is 346 g/mol. The topological polar surface area (TPSA) is 37.3 Å². The summed E-state index contributed by atoms with van der Waals surface area (Å²) >= 11 is 6.31. The van der Waals surface area contributed by atoms with Crippen LogP contribution in [0.3, 0.4) is 0 Å². The molecule has 4 rings (SSSR count). The number of carbonyl (C=O) groups excluding carboxylic acids is 1. The van der Waals surface area contributed by atoms with Crippen molar-refractivity contribution in [2.75, 3.05) is 19.6 Å². The van der Waals surface area contributed by atoms with Gasteiger partial charge in [0.1, 0.15) is 0 Å². The average molecular weight is 372 g/mol. The van der Waals surface area contributed by atoms with E-state index in [1.165, 1.54) is 45.2 Å². The summed E-state index contributed by atoms with van der Waals surface area (Å²) in [6.45, 7) is 3.18. The second kappa shape index (κ2) is 7.85. The normalized spacial score (nSPS) is 23.4. The molecule has 2 fully saturated rings. The van der Waals surface area contributed by atoms with Crippen LogP contribution >= 0.6 is 11.6 Å². The maximum Gasteiger partial charge on any atom is 0.252 e. The summed E-state index contributed by atoms with van der Waals surface area (Å²) < 4.78 is 1.98. The maximum absolute atomic E-state index is 12.8. The summed E-state index contributed by atoms with van der Waals surface area (Å²) in [6, 6.07) is 10.2. The van der Waals surface area contributed by atoms with Crippen molar-refractivity contribution in [3.8, 4) is 5.69 Å². The van der Waals surface area contributed by atoms with E-state index < -0.39 is 0 Å². The zero-order chi connectivity index (χ0) is 17.9. The number of hydrogen-bond donors (Lipinski definition) is 1. The molecule has 2 aliphatic rings. The molecule has 138 valence electrons. The minimum atomic E-state index is -0.0723. The van der Waals surface area contributed by atoms with E-state index in [1.807, 2.05) is 41.2 Å². The van der Waals surface area contributed by atoms with Gasteiger partial charge in [0.05, 0.1) is 10.6 Å². The van der Waals surface area contributed by atoms with Gasteiger partial charge in [0.2, 0.25) is 0 Å². The Kier molecular flexibility index (Phi) is 5.32. The number of fused-ring (bicyclic) bond motifs is 1. The van der Waals surface area contributed by atoms with E-state index in [0.29, 0.717) is 22.5 Å². The minimum absolute atomic E-state index is 0.0723. The molecule has 0 aliphatic carbocycles. The lowest BCUT2D eigenvalue weighted by Crippen LogP contribution is -2.51. The standard InChI is InChI=1S/C21H26ClN3O/c22-19-9-8-17(24-10-3-4-11-24)14-18(19)21(26)23-15-16-6-5-13-25-12-2-1-7-20(16)25/h3-4,8-11,14,16,20H,1-2,5-7,12-13,15H2,(H,23,26)/t16-,20+/m0/s1. The Labute approximate surface area is 160 Å². The molecule has 0 unspecified atom stereocenters. The second-order valence-electron chi connectivity index (χ2n) is 7.47. The number of nitrogens with zero attached hydrogens (tertiary/aromatic N) is 2. The summed E-state index contributed by atoms with van der Waals surface area (Å²) in [5.41, 5.74) is 1.50. The highest BCUT2D eigenvalue weighted by molar-refractivity contribution is 6.33. The molecule has 4 nitrogen and oxygen atoms in total. The maximum atomic E-state index is 12.8. The van der Waals surface area contributed by atoms with Crippen molar-refractivity contribution in [3.05, 3.63) is 53.3 Å².